The molecule has 0 unspecified atom stereocenters. The first-order valence-corrected chi connectivity index (χ1v) is 20.3. The minimum atomic E-state index is 0.195. The lowest BCUT2D eigenvalue weighted by Gasteiger charge is -2.27. The Morgan fingerprint density at radius 1 is 0.339 bits per heavy atom. The molecule has 0 fully saturated rings. The molecule has 1 aromatic heterocycles. The van der Waals surface area contributed by atoms with Crippen LogP contribution >= 0.6 is 11.3 Å². The Labute approximate surface area is 355 Å². The Kier molecular flexibility index (Phi) is 9.42. The molecule has 10 radical (unpaired) electrons. The molecule has 10 aromatic rings. The quantitative estimate of drug-likeness (QED) is 0.147. The molecule has 0 N–H and O–H groups in total. The molecule has 0 atom stereocenters. The van der Waals surface area contributed by atoms with Gasteiger partial charge in [0.05, 0.1) is 10.4 Å². The molecule has 59 heavy (non-hydrogen) atoms. The number of fused-ring (bicyclic) bond motifs is 4. The van der Waals surface area contributed by atoms with E-state index >= 15 is 0 Å². The molecule has 264 valence electrons. The Hall–Kier alpha value is -6.42. The minimum absolute atomic E-state index is 0.195. The number of benzene rings is 9. The lowest BCUT2D eigenvalue weighted by molar-refractivity contribution is 1.30. The molecule has 0 aliphatic heterocycles. The minimum Gasteiger partial charge on any atom is -0.309 e. The van der Waals surface area contributed by atoms with Gasteiger partial charge in [0.2, 0.25) is 0 Å². The standard InChI is InChI=1S/C52H30B5NS/c53-46-44(47(54)49(56)50(57)48(46)55)35-23-27-37(28-24-35)58(36-25-21-34(22-26-36)39-18-9-16-31-15-7-8-17-38(31)39)43-30-29-40(32-11-3-1-4-12-32)45-42-20-10-19-41(51(42)59-52(43)45)33-13-5-2-6-14-33/h1-30H. The summed E-state index contributed by atoms with van der Waals surface area (Å²) in [4.78, 5) is 2.34. The molecular weight excluding hydrogens is 725 g/mol. The second-order valence-electron chi connectivity index (χ2n) is 14.8. The van der Waals surface area contributed by atoms with Crippen LogP contribution in [0.15, 0.2) is 182 Å². The van der Waals surface area contributed by atoms with Crippen LogP contribution < -0.4 is 32.2 Å². The molecule has 0 saturated carbocycles. The van der Waals surface area contributed by atoms with E-state index in [0.29, 0.717) is 16.5 Å². The van der Waals surface area contributed by atoms with Crippen LogP contribution in [0.25, 0.3) is 75.5 Å². The van der Waals surface area contributed by atoms with Crippen molar-refractivity contribution in [3.8, 4) is 44.5 Å². The van der Waals surface area contributed by atoms with Crippen LogP contribution in [0.2, 0.25) is 0 Å². The predicted molar refractivity (Wildman–Crippen MR) is 260 cm³/mol. The SMILES string of the molecule is [B]c1c([B])c([B])c(-c2ccc(N(c3ccc(-c4cccc5ccccc45)cc3)c3ccc(-c4ccccc4)c4c3sc3c(-c5ccccc5)cccc34)cc2)c([B])c1[B]. The van der Waals surface area contributed by atoms with Gasteiger partial charge in [-0.05, 0) is 85.6 Å². The van der Waals surface area contributed by atoms with E-state index in [1.807, 2.05) is 23.5 Å². The van der Waals surface area contributed by atoms with Gasteiger partial charge in [-0.2, -0.15) is 0 Å². The Balaban J connectivity index is 1.21. The number of nitrogens with zero attached hydrogens (tertiary/aromatic N) is 1. The summed E-state index contributed by atoms with van der Waals surface area (Å²) < 4.78 is 2.42. The maximum Gasteiger partial charge on any atom is 0.113 e. The van der Waals surface area contributed by atoms with Crippen molar-refractivity contribution < 1.29 is 0 Å². The number of thiophene rings is 1. The largest absolute Gasteiger partial charge is 0.309 e. The van der Waals surface area contributed by atoms with Crippen molar-refractivity contribution in [2.75, 3.05) is 4.90 Å². The van der Waals surface area contributed by atoms with Crippen LogP contribution in [0.1, 0.15) is 0 Å². The fraction of sp³-hybridized carbons (Fsp3) is 0. The molecule has 9 aromatic carbocycles. The zero-order valence-electron chi connectivity index (χ0n) is 32.1. The van der Waals surface area contributed by atoms with Gasteiger partial charge in [0.1, 0.15) is 39.2 Å². The fourth-order valence-electron chi connectivity index (χ4n) is 8.40. The summed E-state index contributed by atoms with van der Waals surface area (Å²) in [5, 5.41) is 4.87. The normalized spacial score (nSPS) is 11.4. The maximum atomic E-state index is 6.53. The maximum absolute atomic E-state index is 6.53. The summed E-state index contributed by atoms with van der Waals surface area (Å²) in [6.07, 6.45) is 0. The van der Waals surface area contributed by atoms with Gasteiger partial charge in [0.15, 0.2) is 0 Å². The van der Waals surface area contributed by atoms with Gasteiger partial charge in [-0.25, -0.2) is 0 Å². The van der Waals surface area contributed by atoms with Crippen molar-refractivity contribution >= 4 is 126 Å². The molecule has 0 bridgehead atoms. The van der Waals surface area contributed by atoms with E-state index in [9.17, 15) is 0 Å². The monoisotopic (exact) mass is 755 g/mol. The molecular formula is C52H30B5NS. The van der Waals surface area contributed by atoms with Gasteiger partial charge in [-0.3, -0.25) is 0 Å². The number of hydrogen-bond acceptors (Lipinski definition) is 2. The molecule has 0 amide bonds. The Bertz CT molecular complexity index is 3160. The van der Waals surface area contributed by atoms with Crippen LogP contribution in [0, 0.1) is 0 Å². The summed E-state index contributed by atoms with van der Waals surface area (Å²) in [7, 11) is 31.8. The highest BCUT2D eigenvalue weighted by Crippen LogP contribution is 2.50. The summed E-state index contributed by atoms with van der Waals surface area (Å²) in [6.45, 7) is 0. The first-order valence-electron chi connectivity index (χ1n) is 19.5. The average molecular weight is 755 g/mol. The van der Waals surface area contributed by atoms with Crippen LogP contribution in [-0.2, 0) is 0 Å². The van der Waals surface area contributed by atoms with Crippen molar-refractivity contribution in [1.29, 1.82) is 0 Å². The smallest absolute Gasteiger partial charge is 0.113 e. The highest BCUT2D eigenvalue weighted by molar-refractivity contribution is 7.27. The van der Waals surface area contributed by atoms with Crippen molar-refractivity contribution in [3.05, 3.63) is 182 Å². The molecule has 1 nitrogen and oxygen atoms in total. The van der Waals surface area contributed by atoms with Crippen molar-refractivity contribution in [1.82, 2.24) is 0 Å². The molecule has 1 heterocycles. The summed E-state index contributed by atoms with van der Waals surface area (Å²) in [5.41, 5.74) is 12.7. The fourth-order valence-corrected chi connectivity index (χ4v) is 9.77. The first kappa shape index (κ1) is 36.9. The molecule has 0 saturated heterocycles. The predicted octanol–water partition coefficient (Wildman–Crippen LogP) is 9.31. The first-order chi connectivity index (χ1) is 28.9. The van der Waals surface area contributed by atoms with Gasteiger partial charge in [0.25, 0.3) is 0 Å². The van der Waals surface area contributed by atoms with E-state index in [0.717, 1.165) is 28.2 Å². The van der Waals surface area contributed by atoms with E-state index in [4.69, 9.17) is 39.2 Å². The van der Waals surface area contributed by atoms with Crippen molar-refractivity contribution in [2.45, 2.75) is 0 Å². The highest BCUT2D eigenvalue weighted by Gasteiger charge is 2.23. The van der Waals surface area contributed by atoms with Crippen LogP contribution in [0.3, 0.4) is 0 Å². The van der Waals surface area contributed by atoms with E-state index < -0.39 is 0 Å². The second kappa shape index (κ2) is 15.1. The summed E-state index contributed by atoms with van der Waals surface area (Å²) in [5.74, 6) is 0. The number of anilines is 3. The van der Waals surface area contributed by atoms with Crippen LogP contribution in [0.4, 0.5) is 17.1 Å². The summed E-state index contributed by atoms with van der Waals surface area (Å²) >= 11 is 1.83. The second-order valence-corrected chi connectivity index (χ2v) is 15.8. The van der Waals surface area contributed by atoms with E-state index in [1.54, 1.807) is 0 Å². The third-order valence-electron chi connectivity index (χ3n) is 11.4. The Morgan fingerprint density at radius 2 is 0.831 bits per heavy atom. The number of rotatable bonds is 7. The highest BCUT2D eigenvalue weighted by atomic mass is 32.1. The van der Waals surface area contributed by atoms with E-state index in [-0.39, 0.29) is 16.4 Å². The Morgan fingerprint density at radius 3 is 1.49 bits per heavy atom. The molecule has 0 spiro atoms. The van der Waals surface area contributed by atoms with Gasteiger partial charge in [-0.15, -0.1) is 27.7 Å². The summed E-state index contributed by atoms with van der Waals surface area (Å²) in [6, 6.07) is 64.5. The zero-order valence-corrected chi connectivity index (χ0v) is 32.9. The van der Waals surface area contributed by atoms with Gasteiger partial charge in [0, 0.05) is 26.8 Å². The van der Waals surface area contributed by atoms with Crippen molar-refractivity contribution in [3.63, 3.8) is 0 Å². The van der Waals surface area contributed by atoms with Gasteiger partial charge < -0.3 is 4.90 Å². The number of hydrogen-bond donors (Lipinski definition) is 0. The third kappa shape index (κ3) is 6.33. The van der Waals surface area contributed by atoms with Crippen molar-refractivity contribution in [2.24, 2.45) is 0 Å². The van der Waals surface area contributed by atoms with Gasteiger partial charge in [-0.1, -0.05) is 163 Å². The lowest BCUT2D eigenvalue weighted by Crippen LogP contribution is -2.55. The third-order valence-corrected chi connectivity index (χ3v) is 12.6. The van der Waals surface area contributed by atoms with Gasteiger partial charge >= 0.3 is 0 Å². The molecule has 0 aliphatic carbocycles. The van der Waals surface area contributed by atoms with Crippen LogP contribution in [-0.4, -0.2) is 39.2 Å². The average Bonchev–Trinajstić information content (AvgIpc) is 3.69. The topological polar surface area (TPSA) is 3.24 Å². The molecule has 0 aliphatic rings. The lowest BCUT2D eigenvalue weighted by atomic mass is 9.60. The molecule has 10 rings (SSSR count). The van der Waals surface area contributed by atoms with Crippen LogP contribution in [0.5, 0.6) is 0 Å². The molecule has 7 heteroatoms. The zero-order chi connectivity index (χ0) is 40.2. The van der Waals surface area contributed by atoms with E-state index in [2.05, 4.69) is 175 Å². The van der Waals surface area contributed by atoms with E-state index in [1.165, 1.54) is 58.8 Å².